The van der Waals surface area contributed by atoms with E-state index in [2.05, 4.69) is 0 Å². The number of aliphatic hydroxyl groups excluding tert-OH is 1. The van der Waals surface area contributed by atoms with E-state index in [-0.39, 0.29) is 5.82 Å². The van der Waals surface area contributed by atoms with Gasteiger partial charge in [-0.25, -0.2) is 4.39 Å². The zero-order valence-corrected chi connectivity index (χ0v) is 12.0. The van der Waals surface area contributed by atoms with Gasteiger partial charge in [0, 0.05) is 5.56 Å². The van der Waals surface area contributed by atoms with Crippen molar-refractivity contribution in [1.29, 1.82) is 0 Å². The highest BCUT2D eigenvalue weighted by atomic mass is 19.1. The molecule has 3 heteroatoms. The molecule has 0 aliphatic rings. The first kappa shape index (κ1) is 14.5. The summed E-state index contributed by atoms with van der Waals surface area (Å²) in [6.45, 7) is 6.09. The summed E-state index contributed by atoms with van der Waals surface area (Å²) in [6, 6.07) is 10.4. The van der Waals surface area contributed by atoms with Crippen LogP contribution in [-0.4, -0.2) is 11.7 Å². The van der Waals surface area contributed by atoms with Gasteiger partial charge in [-0.15, -0.1) is 0 Å². The van der Waals surface area contributed by atoms with Gasteiger partial charge in [0.15, 0.2) is 0 Å². The zero-order chi connectivity index (χ0) is 14.7. The first-order valence-electron chi connectivity index (χ1n) is 6.70. The molecule has 106 valence electrons. The van der Waals surface area contributed by atoms with Crippen LogP contribution in [0.3, 0.4) is 0 Å². The van der Waals surface area contributed by atoms with Gasteiger partial charge < -0.3 is 9.84 Å². The van der Waals surface area contributed by atoms with Crippen molar-refractivity contribution in [1.82, 2.24) is 0 Å². The lowest BCUT2D eigenvalue weighted by molar-refractivity contribution is 0.213. The van der Waals surface area contributed by atoms with Crippen LogP contribution in [0.15, 0.2) is 36.4 Å². The Bertz CT molecular complexity index is 585. The third-order valence-electron chi connectivity index (χ3n) is 3.24. The van der Waals surface area contributed by atoms with Crippen LogP contribution in [0.4, 0.5) is 4.39 Å². The molecule has 1 N–H and O–H groups in total. The van der Waals surface area contributed by atoms with E-state index in [1.807, 2.05) is 26.0 Å². The van der Waals surface area contributed by atoms with Gasteiger partial charge in [0.1, 0.15) is 17.7 Å². The van der Waals surface area contributed by atoms with Crippen LogP contribution in [0, 0.1) is 19.7 Å². The molecule has 0 aromatic heterocycles. The SMILES string of the molecule is CCOc1cccc(C(O)c2c(C)cc(C)cc2F)c1. The van der Waals surface area contributed by atoms with Crippen molar-refractivity contribution in [2.24, 2.45) is 0 Å². The number of aliphatic hydroxyl groups is 1. The van der Waals surface area contributed by atoms with E-state index in [9.17, 15) is 9.50 Å². The summed E-state index contributed by atoms with van der Waals surface area (Å²) in [5.41, 5.74) is 2.54. The fourth-order valence-electron chi connectivity index (χ4n) is 2.38. The summed E-state index contributed by atoms with van der Waals surface area (Å²) >= 11 is 0. The maximum Gasteiger partial charge on any atom is 0.129 e. The Balaban J connectivity index is 2.41. The molecule has 0 saturated carbocycles. The van der Waals surface area contributed by atoms with E-state index in [1.54, 1.807) is 25.1 Å². The molecule has 2 aromatic carbocycles. The summed E-state index contributed by atoms with van der Waals surface area (Å²) in [6.07, 6.45) is -0.990. The molecular weight excluding hydrogens is 255 g/mol. The molecule has 2 nitrogen and oxygen atoms in total. The molecular formula is C17H19FO2. The lowest BCUT2D eigenvalue weighted by Gasteiger charge is -2.16. The Kier molecular flexibility index (Phi) is 4.40. The number of hydrogen-bond acceptors (Lipinski definition) is 2. The van der Waals surface area contributed by atoms with Gasteiger partial charge >= 0.3 is 0 Å². The quantitative estimate of drug-likeness (QED) is 0.915. The summed E-state index contributed by atoms with van der Waals surface area (Å²) in [4.78, 5) is 0. The first-order valence-corrected chi connectivity index (χ1v) is 6.70. The van der Waals surface area contributed by atoms with Crippen molar-refractivity contribution < 1.29 is 14.2 Å². The Morgan fingerprint density at radius 2 is 1.95 bits per heavy atom. The summed E-state index contributed by atoms with van der Waals surface area (Å²) in [5.74, 6) is 0.297. The predicted octanol–water partition coefficient (Wildman–Crippen LogP) is 3.92. The molecule has 0 heterocycles. The van der Waals surface area contributed by atoms with E-state index in [0.29, 0.717) is 23.5 Å². The highest BCUT2D eigenvalue weighted by Gasteiger charge is 2.18. The summed E-state index contributed by atoms with van der Waals surface area (Å²) in [5, 5.41) is 10.4. The number of benzene rings is 2. The minimum absolute atomic E-state index is 0.323. The van der Waals surface area contributed by atoms with E-state index in [1.165, 1.54) is 6.07 Å². The smallest absolute Gasteiger partial charge is 0.129 e. The van der Waals surface area contributed by atoms with E-state index in [4.69, 9.17) is 4.74 Å². The second-order valence-corrected chi connectivity index (χ2v) is 4.89. The standard InChI is InChI=1S/C17H19FO2/c1-4-20-14-7-5-6-13(10-14)17(19)16-12(3)8-11(2)9-15(16)18/h5-10,17,19H,4H2,1-3H3. The van der Waals surface area contributed by atoms with Crippen molar-refractivity contribution >= 4 is 0 Å². The van der Waals surface area contributed by atoms with Crippen LogP contribution in [0.1, 0.15) is 35.3 Å². The molecule has 0 radical (unpaired) electrons. The summed E-state index contributed by atoms with van der Waals surface area (Å²) in [7, 11) is 0. The van der Waals surface area contributed by atoms with Gasteiger partial charge in [0.25, 0.3) is 0 Å². The predicted molar refractivity (Wildman–Crippen MR) is 77.5 cm³/mol. The molecule has 0 aliphatic heterocycles. The fourth-order valence-corrected chi connectivity index (χ4v) is 2.38. The van der Waals surface area contributed by atoms with E-state index < -0.39 is 6.10 Å². The molecule has 0 bridgehead atoms. The second kappa shape index (κ2) is 6.06. The molecule has 1 atom stereocenters. The van der Waals surface area contributed by atoms with Crippen LogP contribution >= 0.6 is 0 Å². The highest BCUT2D eigenvalue weighted by Crippen LogP contribution is 2.29. The molecule has 0 spiro atoms. The van der Waals surface area contributed by atoms with Crippen molar-refractivity contribution in [2.45, 2.75) is 26.9 Å². The van der Waals surface area contributed by atoms with Gasteiger partial charge in [-0.2, -0.15) is 0 Å². The van der Waals surface area contributed by atoms with Crippen LogP contribution in [0.25, 0.3) is 0 Å². The van der Waals surface area contributed by atoms with E-state index >= 15 is 0 Å². The lowest BCUT2D eigenvalue weighted by atomic mass is 9.95. The van der Waals surface area contributed by atoms with Crippen LogP contribution in [0.2, 0.25) is 0 Å². The minimum atomic E-state index is -0.990. The lowest BCUT2D eigenvalue weighted by Crippen LogP contribution is -2.06. The largest absolute Gasteiger partial charge is 0.494 e. The Labute approximate surface area is 118 Å². The third kappa shape index (κ3) is 2.99. The minimum Gasteiger partial charge on any atom is -0.494 e. The second-order valence-electron chi connectivity index (χ2n) is 4.89. The molecule has 0 amide bonds. The van der Waals surface area contributed by atoms with Crippen LogP contribution in [0.5, 0.6) is 5.75 Å². The van der Waals surface area contributed by atoms with Crippen LogP contribution < -0.4 is 4.74 Å². The highest BCUT2D eigenvalue weighted by molar-refractivity contribution is 5.40. The molecule has 0 saturated heterocycles. The summed E-state index contributed by atoms with van der Waals surface area (Å²) < 4.78 is 19.5. The van der Waals surface area contributed by atoms with Gasteiger partial charge in [-0.05, 0) is 55.7 Å². The number of rotatable bonds is 4. The molecule has 2 aromatic rings. The molecule has 1 unspecified atom stereocenters. The topological polar surface area (TPSA) is 29.5 Å². The Morgan fingerprint density at radius 1 is 1.20 bits per heavy atom. The third-order valence-corrected chi connectivity index (χ3v) is 3.24. The number of hydrogen-bond donors (Lipinski definition) is 1. The molecule has 0 aliphatic carbocycles. The Morgan fingerprint density at radius 3 is 2.60 bits per heavy atom. The van der Waals surface area contributed by atoms with Gasteiger partial charge in [0.05, 0.1) is 6.61 Å². The molecule has 0 fully saturated rings. The van der Waals surface area contributed by atoms with Crippen LogP contribution in [-0.2, 0) is 0 Å². The average molecular weight is 274 g/mol. The average Bonchev–Trinajstić information content (AvgIpc) is 2.38. The number of ether oxygens (including phenoxy) is 1. The van der Waals surface area contributed by atoms with Crippen molar-refractivity contribution in [2.75, 3.05) is 6.61 Å². The van der Waals surface area contributed by atoms with Crippen molar-refractivity contribution in [3.8, 4) is 5.75 Å². The molecule has 20 heavy (non-hydrogen) atoms. The Hall–Kier alpha value is -1.87. The normalized spacial score (nSPS) is 12.2. The van der Waals surface area contributed by atoms with Gasteiger partial charge in [-0.3, -0.25) is 0 Å². The van der Waals surface area contributed by atoms with Crippen molar-refractivity contribution in [3.05, 3.63) is 64.5 Å². The number of aryl methyl sites for hydroxylation is 2. The number of halogens is 1. The van der Waals surface area contributed by atoms with Gasteiger partial charge in [-0.1, -0.05) is 18.2 Å². The van der Waals surface area contributed by atoms with Crippen molar-refractivity contribution in [3.63, 3.8) is 0 Å². The monoisotopic (exact) mass is 274 g/mol. The molecule has 2 rings (SSSR count). The van der Waals surface area contributed by atoms with E-state index in [0.717, 1.165) is 11.1 Å². The fraction of sp³-hybridized carbons (Fsp3) is 0.294. The zero-order valence-electron chi connectivity index (χ0n) is 12.0. The van der Waals surface area contributed by atoms with Gasteiger partial charge in [0.2, 0.25) is 0 Å². The first-order chi connectivity index (χ1) is 9.52. The maximum atomic E-state index is 14.1. The maximum absolute atomic E-state index is 14.1.